The van der Waals surface area contributed by atoms with E-state index in [1.807, 2.05) is 31.2 Å². The van der Waals surface area contributed by atoms with Gasteiger partial charge in [0.25, 0.3) is 0 Å². The van der Waals surface area contributed by atoms with Crippen LogP contribution < -0.4 is 15.4 Å². The summed E-state index contributed by atoms with van der Waals surface area (Å²) >= 11 is 3.84. The van der Waals surface area contributed by atoms with Gasteiger partial charge in [-0.3, -0.25) is 4.79 Å². The molecule has 11 heteroatoms. The van der Waals surface area contributed by atoms with Crippen LogP contribution >= 0.6 is 34.4 Å². The summed E-state index contributed by atoms with van der Waals surface area (Å²) in [5.41, 5.74) is 1.56. The van der Waals surface area contributed by atoms with Crippen LogP contribution in [0.15, 0.2) is 34.7 Å². The van der Waals surface area contributed by atoms with Crippen LogP contribution in [0.4, 0.5) is 15.8 Å². The highest BCUT2D eigenvalue weighted by Crippen LogP contribution is 2.32. The van der Waals surface area contributed by atoms with Gasteiger partial charge in [0.05, 0.1) is 30.2 Å². The Morgan fingerprint density at radius 1 is 1.20 bits per heavy atom. The zero-order valence-electron chi connectivity index (χ0n) is 16.6. The van der Waals surface area contributed by atoms with Gasteiger partial charge in [-0.1, -0.05) is 35.2 Å². The summed E-state index contributed by atoms with van der Waals surface area (Å²) in [7, 11) is 1.60. The SMILES string of the molecule is CCOC(=O)c1sc(NC(=O)CSc2nnc(Nc3ccccc3OC)s2)cc1C. The first kappa shape index (κ1) is 22.1. The number of aryl methyl sites for hydroxylation is 1. The molecule has 1 amide bonds. The lowest BCUT2D eigenvalue weighted by atomic mass is 10.3. The first-order chi connectivity index (χ1) is 14.5. The smallest absolute Gasteiger partial charge is 0.348 e. The minimum atomic E-state index is -0.376. The van der Waals surface area contributed by atoms with Crippen LogP contribution in [0.2, 0.25) is 0 Å². The van der Waals surface area contributed by atoms with Gasteiger partial charge in [-0.2, -0.15) is 0 Å². The van der Waals surface area contributed by atoms with E-state index in [9.17, 15) is 9.59 Å². The van der Waals surface area contributed by atoms with Gasteiger partial charge in [0, 0.05) is 0 Å². The minimum Gasteiger partial charge on any atom is -0.495 e. The number of amides is 1. The molecule has 2 aromatic heterocycles. The molecule has 0 fully saturated rings. The molecule has 2 heterocycles. The molecular formula is C19H20N4O4S3. The predicted molar refractivity (Wildman–Crippen MR) is 121 cm³/mol. The molecular weight excluding hydrogens is 444 g/mol. The molecule has 30 heavy (non-hydrogen) atoms. The highest BCUT2D eigenvalue weighted by atomic mass is 32.2. The second kappa shape index (κ2) is 10.4. The summed E-state index contributed by atoms with van der Waals surface area (Å²) < 4.78 is 11.0. The number of nitrogens with one attached hydrogen (secondary N) is 2. The second-order valence-corrected chi connectivity index (χ2v) is 9.13. The van der Waals surface area contributed by atoms with Crippen molar-refractivity contribution in [3.8, 4) is 5.75 Å². The summed E-state index contributed by atoms with van der Waals surface area (Å²) in [5, 5.41) is 15.4. The standard InChI is InChI=1S/C19H20N4O4S3/c1-4-27-17(25)16-11(2)9-15(29-16)21-14(24)10-28-19-23-22-18(30-19)20-12-7-5-6-8-13(12)26-3/h5-9H,4,10H2,1-3H3,(H,20,22)(H,21,24). The van der Waals surface area contributed by atoms with Gasteiger partial charge in [-0.15, -0.1) is 21.5 Å². The maximum atomic E-state index is 12.3. The summed E-state index contributed by atoms with van der Waals surface area (Å²) in [4.78, 5) is 24.7. The van der Waals surface area contributed by atoms with Crippen molar-refractivity contribution in [1.29, 1.82) is 0 Å². The maximum Gasteiger partial charge on any atom is 0.348 e. The number of carbonyl (C=O) groups excluding carboxylic acids is 2. The Bertz CT molecular complexity index is 1030. The molecule has 0 aliphatic rings. The van der Waals surface area contributed by atoms with Crippen molar-refractivity contribution >= 4 is 62.1 Å². The lowest BCUT2D eigenvalue weighted by molar-refractivity contribution is -0.113. The molecule has 2 N–H and O–H groups in total. The first-order valence-electron chi connectivity index (χ1n) is 8.94. The van der Waals surface area contributed by atoms with Crippen molar-refractivity contribution in [3.63, 3.8) is 0 Å². The number of hydrogen-bond acceptors (Lipinski definition) is 10. The molecule has 0 aliphatic heterocycles. The minimum absolute atomic E-state index is 0.176. The fourth-order valence-corrected chi connectivity index (χ4v) is 4.97. The molecule has 0 saturated heterocycles. The van der Waals surface area contributed by atoms with Gasteiger partial charge in [0.1, 0.15) is 10.6 Å². The number of ether oxygens (including phenoxy) is 2. The third-order valence-corrected chi connectivity index (χ3v) is 6.83. The Kier molecular flexibility index (Phi) is 7.66. The summed E-state index contributed by atoms with van der Waals surface area (Å²) in [6, 6.07) is 9.27. The summed E-state index contributed by atoms with van der Waals surface area (Å²) in [6.07, 6.45) is 0. The molecule has 0 saturated carbocycles. The monoisotopic (exact) mass is 464 g/mol. The third-order valence-electron chi connectivity index (χ3n) is 3.72. The van der Waals surface area contributed by atoms with E-state index in [1.165, 1.54) is 34.4 Å². The number of para-hydroxylation sites is 2. The van der Waals surface area contributed by atoms with Crippen molar-refractivity contribution in [1.82, 2.24) is 10.2 Å². The number of thiophene rings is 1. The molecule has 0 unspecified atom stereocenters. The van der Waals surface area contributed by atoms with E-state index in [1.54, 1.807) is 20.1 Å². The van der Waals surface area contributed by atoms with Crippen molar-refractivity contribution < 1.29 is 19.1 Å². The molecule has 3 rings (SSSR count). The molecule has 0 spiro atoms. The third kappa shape index (κ3) is 5.71. The summed E-state index contributed by atoms with van der Waals surface area (Å²) in [6.45, 7) is 3.88. The number of hydrogen-bond donors (Lipinski definition) is 2. The lowest BCUT2D eigenvalue weighted by Crippen LogP contribution is -2.12. The van der Waals surface area contributed by atoms with Gasteiger partial charge >= 0.3 is 5.97 Å². The Labute approximate surface area is 186 Å². The number of carbonyl (C=O) groups is 2. The van der Waals surface area contributed by atoms with Gasteiger partial charge in [-0.25, -0.2) is 4.79 Å². The number of anilines is 3. The second-order valence-electron chi connectivity index (χ2n) is 5.88. The van der Waals surface area contributed by atoms with Crippen LogP contribution in [0.3, 0.4) is 0 Å². The van der Waals surface area contributed by atoms with E-state index >= 15 is 0 Å². The lowest BCUT2D eigenvalue weighted by Gasteiger charge is -2.07. The van der Waals surface area contributed by atoms with Gasteiger partial charge < -0.3 is 20.1 Å². The molecule has 0 atom stereocenters. The van der Waals surface area contributed by atoms with E-state index < -0.39 is 0 Å². The normalized spacial score (nSPS) is 10.5. The number of thioether (sulfide) groups is 1. The number of methoxy groups -OCH3 is 1. The first-order valence-corrected chi connectivity index (χ1v) is 11.6. The highest BCUT2D eigenvalue weighted by Gasteiger charge is 2.16. The van der Waals surface area contributed by atoms with Crippen molar-refractivity contribution in [2.24, 2.45) is 0 Å². The summed E-state index contributed by atoms with van der Waals surface area (Å²) in [5.74, 6) is 0.314. The number of aromatic nitrogens is 2. The average molecular weight is 465 g/mol. The number of nitrogens with zero attached hydrogens (tertiary/aromatic N) is 2. The highest BCUT2D eigenvalue weighted by molar-refractivity contribution is 8.01. The number of esters is 1. The number of rotatable bonds is 9. The van der Waals surface area contributed by atoms with Crippen LogP contribution in [0.5, 0.6) is 5.75 Å². The molecule has 8 nitrogen and oxygen atoms in total. The predicted octanol–water partition coefficient (Wildman–Crippen LogP) is 4.57. The molecule has 0 radical (unpaired) electrons. The van der Waals surface area contributed by atoms with Gasteiger partial charge in [-0.05, 0) is 37.6 Å². The van der Waals surface area contributed by atoms with Crippen molar-refractivity contribution in [2.45, 2.75) is 18.2 Å². The van der Waals surface area contributed by atoms with Crippen molar-refractivity contribution in [3.05, 3.63) is 40.8 Å². The van der Waals surface area contributed by atoms with Crippen LogP contribution in [-0.2, 0) is 9.53 Å². The van der Waals surface area contributed by atoms with E-state index in [2.05, 4.69) is 20.8 Å². The number of benzene rings is 1. The largest absolute Gasteiger partial charge is 0.495 e. The molecule has 0 aliphatic carbocycles. The maximum absolute atomic E-state index is 12.3. The Hall–Kier alpha value is -2.63. The van der Waals surface area contributed by atoms with Crippen LogP contribution in [0.1, 0.15) is 22.2 Å². The van der Waals surface area contributed by atoms with Gasteiger partial charge in [0.2, 0.25) is 11.0 Å². The van der Waals surface area contributed by atoms with E-state index in [0.29, 0.717) is 31.7 Å². The topological polar surface area (TPSA) is 102 Å². The Balaban J connectivity index is 1.53. The van der Waals surface area contributed by atoms with Crippen molar-refractivity contribution in [2.75, 3.05) is 30.1 Å². The molecule has 0 bridgehead atoms. The zero-order valence-corrected chi connectivity index (χ0v) is 19.0. The fourth-order valence-electron chi connectivity index (χ4n) is 2.43. The van der Waals surface area contributed by atoms with Crippen LogP contribution in [-0.4, -0.2) is 41.5 Å². The van der Waals surface area contributed by atoms with E-state index in [-0.39, 0.29) is 17.6 Å². The molecule has 1 aromatic carbocycles. The zero-order chi connectivity index (χ0) is 21.5. The van der Waals surface area contributed by atoms with E-state index in [4.69, 9.17) is 9.47 Å². The average Bonchev–Trinajstić information content (AvgIpc) is 3.33. The fraction of sp³-hybridized carbons (Fsp3) is 0.263. The van der Waals surface area contributed by atoms with Gasteiger partial charge in [0.15, 0.2) is 4.34 Å². The van der Waals surface area contributed by atoms with E-state index in [0.717, 1.165) is 11.3 Å². The van der Waals surface area contributed by atoms with Crippen LogP contribution in [0, 0.1) is 6.92 Å². The quantitative estimate of drug-likeness (QED) is 0.351. The van der Waals surface area contributed by atoms with Crippen LogP contribution in [0.25, 0.3) is 0 Å². The Morgan fingerprint density at radius 3 is 2.77 bits per heavy atom. The Morgan fingerprint density at radius 2 is 2.00 bits per heavy atom. The molecule has 3 aromatic rings. The molecule has 158 valence electrons.